The lowest BCUT2D eigenvalue weighted by atomic mass is 9.77. The third-order valence-corrected chi connectivity index (χ3v) is 5.27. The fourth-order valence-corrected chi connectivity index (χ4v) is 3.91. The predicted molar refractivity (Wildman–Crippen MR) is 108 cm³/mol. The molecule has 1 fully saturated rings. The largest absolute Gasteiger partial charge is 0.508 e. The molecule has 0 aromatic heterocycles. The monoisotopic (exact) mass is 383 g/mol. The van der Waals surface area contributed by atoms with Crippen molar-refractivity contribution in [1.29, 1.82) is 0 Å². The smallest absolute Gasteiger partial charge is 0.313 e. The number of aromatic hydroxyl groups is 1. The number of phenols is 1. The lowest BCUT2D eigenvalue weighted by Gasteiger charge is -2.41. The molecule has 1 N–H and O–H groups in total. The number of carbonyl (C=O) groups excluding carboxylic acids is 1. The number of likely N-dealkylation sites (tertiary alicyclic amines) is 1. The third kappa shape index (κ3) is 5.26. The number of hydrogen-bond donors (Lipinski definition) is 1. The van der Waals surface area contributed by atoms with Crippen LogP contribution in [-0.2, 0) is 16.1 Å². The van der Waals surface area contributed by atoms with E-state index < -0.39 is 5.41 Å². The first-order valence-corrected chi connectivity index (χ1v) is 9.97. The fraction of sp³-hybridized carbons (Fsp3) is 0.435. The summed E-state index contributed by atoms with van der Waals surface area (Å²) in [5.74, 6) is 0.948. The summed E-state index contributed by atoms with van der Waals surface area (Å²) in [7, 11) is 0. The molecule has 0 unspecified atom stereocenters. The van der Waals surface area contributed by atoms with E-state index in [4.69, 9.17) is 9.47 Å². The predicted octanol–water partition coefficient (Wildman–Crippen LogP) is 4.01. The van der Waals surface area contributed by atoms with Gasteiger partial charge in [0.05, 0.1) is 18.6 Å². The molecule has 5 nitrogen and oxygen atoms in total. The van der Waals surface area contributed by atoms with Crippen LogP contribution in [0.3, 0.4) is 0 Å². The number of para-hydroxylation sites is 1. The molecule has 150 valence electrons. The van der Waals surface area contributed by atoms with Crippen LogP contribution in [0.4, 0.5) is 0 Å². The second-order valence-electron chi connectivity index (χ2n) is 7.40. The van der Waals surface area contributed by atoms with Crippen molar-refractivity contribution in [1.82, 2.24) is 4.90 Å². The lowest BCUT2D eigenvalue weighted by Crippen LogP contribution is -2.49. The molecule has 0 saturated carbocycles. The highest BCUT2D eigenvalue weighted by Gasteiger charge is 2.43. The van der Waals surface area contributed by atoms with Crippen LogP contribution in [0.2, 0.25) is 0 Å². The average Bonchev–Trinajstić information content (AvgIpc) is 2.69. The van der Waals surface area contributed by atoms with E-state index in [-0.39, 0.29) is 11.7 Å². The molecule has 0 aliphatic carbocycles. The minimum absolute atomic E-state index is 0.132. The summed E-state index contributed by atoms with van der Waals surface area (Å²) >= 11 is 0. The topological polar surface area (TPSA) is 59.0 Å². The van der Waals surface area contributed by atoms with E-state index in [2.05, 4.69) is 4.90 Å². The number of esters is 1. The van der Waals surface area contributed by atoms with E-state index in [1.54, 1.807) is 12.1 Å². The van der Waals surface area contributed by atoms with Gasteiger partial charge in [0, 0.05) is 13.1 Å². The van der Waals surface area contributed by atoms with Gasteiger partial charge in [-0.15, -0.1) is 0 Å². The van der Waals surface area contributed by atoms with Gasteiger partial charge >= 0.3 is 5.97 Å². The van der Waals surface area contributed by atoms with Crippen LogP contribution in [-0.4, -0.2) is 42.3 Å². The minimum Gasteiger partial charge on any atom is -0.508 e. The molecule has 28 heavy (non-hydrogen) atoms. The van der Waals surface area contributed by atoms with E-state index in [0.29, 0.717) is 32.7 Å². The van der Waals surface area contributed by atoms with E-state index in [9.17, 15) is 9.90 Å². The maximum absolute atomic E-state index is 12.9. The molecule has 1 aliphatic heterocycles. The van der Waals surface area contributed by atoms with Crippen molar-refractivity contribution in [3.05, 3.63) is 60.2 Å². The zero-order chi connectivity index (χ0) is 19.8. The van der Waals surface area contributed by atoms with Gasteiger partial charge in [0.15, 0.2) is 0 Å². The van der Waals surface area contributed by atoms with E-state index in [1.807, 2.05) is 49.4 Å². The number of phenolic OH excluding ortho intramolecular Hbond substituents is 1. The Balaban J connectivity index is 1.68. The van der Waals surface area contributed by atoms with Crippen LogP contribution < -0.4 is 4.74 Å². The molecule has 1 atom stereocenters. The Labute approximate surface area is 166 Å². The summed E-state index contributed by atoms with van der Waals surface area (Å²) in [6.07, 6.45) is 2.36. The molecule has 0 spiro atoms. The van der Waals surface area contributed by atoms with E-state index in [0.717, 1.165) is 30.7 Å². The first-order chi connectivity index (χ1) is 13.6. The first-order valence-electron chi connectivity index (χ1n) is 9.97. The van der Waals surface area contributed by atoms with Crippen molar-refractivity contribution in [2.45, 2.75) is 32.7 Å². The van der Waals surface area contributed by atoms with Crippen LogP contribution >= 0.6 is 0 Å². The third-order valence-electron chi connectivity index (χ3n) is 5.27. The molecule has 0 radical (unpaired) electrons. The Morgan fingerprint density at radius 2 is 2.00 bits per heavy atom. The van der Waals surface area contributed by atoms with Gasteiger partial charge in [-0.1, -0.05) is 30.3 Å². The van der Waals surface area contributed by atoms with Crippen molar-refractivity contribution in [3.8, 4) is 11.5 Å². The summed E-state index contributed by atoms with van der Waals surface area (Å²) in [5, 5.41) is 9.72. The van der Waals surface area contributed by atoms with Gasteiger partial charge in [0.25, 0.3) is 0 Å². The quantitative estimate of drug-likeness (QED) is 0.698. The van der Waals surface area contributed by atoms with Crippen LogP contribution in [0, 0.1) is 5.41 Å². The van der Waals surface area contributed by atoms with Crippen molar-refractivity contribution in [2.75, 3.05) is 26.3 Å². The zero-order valence-corrected chi connectivity index (χ0v) is 16.5. The molecule has 3 rings (SSSR count). The molecule has 1 saturated heterocycles. The Morgan fingerprint density at radius 3 is 2.75 bits per heavy atom. The highest BCUT2D eigenvalue weighted by Crippen LogP contribution is 2.36. The van der Waals surface area contributed by atoms with Gasteiger partial charge < -0.3 is 14.6 Å². The maximum Gasteiger partial charge on any atom is 0.313 e. The molecule has 2 aromatic carbocycles. The molecule has 1 heterocycles. The Kier molecular flexibility index (Phi) is 6.93. The van der Waals surface area contributed by atoms with Gasteiger partial charge in [0.1, 0.15) is 11.5 Å². The summed E-state index contributed by atoms with van der Waals surface area (Å²) in [6, 6.07) is 17.0. The van der Waals surface area contributed by atoms with Crippen molar-refractivity contribution in [2.24, 2.45) is 5.41 Å². The van der Waals surface area contributed by atoms with Gasteiger partial charge in [-0.05, 0) is 62.6 Å². The highest BCUT2D eigenvalue weighted by atomic mass is 16.5. The maximum atomic E-state index is 12.9. The number of benzene rings is 2. The summed E-state index contributed by atoms with van der Waals surface area (Å²) in [6.45, 7) is 4.97. The van der Waals surface area contributed by atoms with Gasteiger partial charge in [-0.3, -0.25) is 9.69 Å². The second-order valence-corrected chi connectivity index (χ2v) is 7.40. The number of ether oxygens (including phenoxy) is 2. The van der Waals surface area contributed by atoms with Crippen LogP contribution in [0.1, 0.15) is 31.7 Å². The molecule has 1 aliphatic rings. The number of carbonyl (C=O) groups is 1. The normalized spacial score (nSPS) is 19.9. The standard InChI is InChI=1S/C23H29NO4/c1-2-27-22(26)23(13-15-28-21-10-4-3-5-11-21)12-7-14-24(18-23)17-19-8-6-9-20(25)16-19/h3-6,8-11,16,25H,2,7,12-15,17-18H2,1H3/t23-/m0/s1. The molecule has 0 amide bonds. The highest BCUT2D eigenvalue weighted by molar-refractivity contribution is 5.77. The van der Waals surface area contributed by atoms with Crippen LogP contribution in [0.25, 0.3) is 0 Å². The number of piperidine rings is 1. The SMILES string of the molecule is CCOC(=O)[C@]1(CCOc2ccccc2)CCCN(Cc2cccc(O)c2)C1. The van der Waals surface area contributed by atoms with Gasteiger partial charge in [0.2, 0.25) is 0 Å². The summed E-state index contributed by atoms with van der Waals surface area (Å²) in [5.41, 5.74) is 0.486. The Hall–Kier alpha value is -2.53. The summed E-state index contributed by atoms with van der Waals surface area (Å²) < 4.78 is 11.3. The average molecular weight is 383 g/mol. The van der Waals surface area contributed by atoms with Crippen LogP contribution in [0.5, 0.6) is 11.5 Å². The number of hydrogen-bond acceptors (Lipinski definition) is 5. The van der Waals surface area contributed by atoms with Gasteiger partial charge in [-0.25, -0.2) is 0 Å². The van der Waals surface area contributed by atoms with E-state index >= 15 is 0 Å². The molecule has 0 bridgehead atoms. The second kappa shape index (κ2) is 9.60. The van der Waals surface area contributed by atoms with E-state index in [1.165, 1.54) is 0 Å². The van der Waals surface area contributed by atoms with Crippen molar-refractivity contribution < 1.29 is 19.4 Å². The number of rotatable bonds is 8. The Bertz CT molecular complexity index is 764. The fourth-order valence-electron chi connectivity index (χ4n) is 3.91. The lowest BCUT2D eigenvalue weighted by molar-refractivity contribution is -0.160. The van der Waals surface area contributed by atoms with Gasteiger partial charge in [-0.2, -0.15) is 0 Å². The zero-order valence-electron chi connectivity index (χ0n) is 16.5. The Morgan fingerprint density at radius 1 is 1.18 bits per heavy atom. The van der Waals surface area contributed by atoms with Crippen molar-refractivity contribution >= 4 is 5.97 Å². The number of nitrogens with zero attached hydrogens (tertiary/aromatic N) is 1. The molecule has 2 aromatic rings. The van der Waals surface area contributed by atoms with Crippen molar-refractivity contribution in [3.63, 3.8) is 0 Å². The summed E-state index contributed by atoms with van der Waals surface area (Å²) in [4.78, 5) is 15.1. The van der Waals surface area contributed by atoms with Crippen LogP contribution in [0.15, 0.2) is 54.6 Å². The molecular weight excluding hydrogens is 354 g/mol. The minimum atomic E-state index is -0.556. The molecular formula is C23H29NO4. The molecule has 5 heteroatoms. The first kappa shape index (κ1) is 20.2.